The summed E-state index contributed by atoms with van der Waals surface area (Å²) in [6, 6.07) is 1.26. The highest BCUT2D eigenvalue weighted by molar-refractivity contribution is 7.89. The van der Waals surface area contributed by atoms with Gasteiger partial charge in [0.05, 0.1) is 12.2 Å². The van der Waals surface area contributed by atoms with Gasteiger partial charge in [0.25, 0.3) is 10.0 Å². The first-order chi connectivity index (χ1) is 10.0. The first kappa shape index (κ1) is 15.7. The van der Waals surface area contributed by atoms with Gasteiger partial charge in [-0.05, 0) is 12.5 Å². The Labute approximate surface area is 123 Å². The van der Waals surface area contributed by atoms with Crippen molar-refractivity contribution < 1.29 is 13.6 Å². The van der Waals surface area contributed by atoms with Crippen molar-refractivity contribution >= 4 is 15.9 Å². The number of aromatic nitrogens is 2. The van der Waals surface area contributed by atoms with Gasteiger partial charge in [0.2, 0.25) is 0 Å². The minimum atomic E-state index is -3.52. The molecule has 118 valence electrons. The van der Waals surface area contributed by atoms with Crippen molar-refractivity contribution in [2.24, 2.45) is 10.9 Å². The molecule has 0 aliphatic carbocycles. The van der Waals surface area contributed by atoms with Crippen LogP contribution in [0.5, 0.6) is 0 Å². The number of nitrogens with one attached hydrogen (secondary N) is 1. The molecule has 2 heterocycles. The molecule has 9 nitrogen and oxygen atoms in total. The topological polar surface area (TPSA) is 128 Å². The maximum absolute atomic E-state index is 12.3. The average molecular weight is 316 g/mol. The molecular weight excluding hydrogens is 296 g/mol. The number of hydrogen-bond donors (Lipinski definition) is 3. The molecule has 0 aromatic carbocycles. The van der Waals surface area contributed by atoms with E-state index in [1.165, 1.54) is 16.6 Å². The van der Waals surface area contributed by atoms with Gasteiger partial charge < -0.3 is 10.9 Å². The van der Waals surface area contributed by atoms with Crippen LogP contribution < -0.4 is 5.73 Å². The number of nitrogens with two attached hydrogens (primary N) is 1. The van der Waals surface area contributed by atoms with E-state index in [1.54, 1.807) is 0 Å². The molecule has 0 spiro atoms. The fourth-order valence-electron chi connectivity index (χ4n) is 2.50. The summed E-state index contributed by atoms with van der Waals surface area (Å²) < 4.78 is 26.1. The number of aromatic amines is 1. The molecule has 0 radical (unpaired) electrons. The summed E-state index contributed by atoms with van der Waals surface area (Å²) in [6.07, 6.45) is 2.11. The Hall–Kier alpha value is -1.65. The summed E-state index contributed by atoms with van der Waals surface area (Å²) >= 11 is 0. The first-order valence-electron chi connectivity index (χ1n) is 6.71. The largest absolute Gasteiger partial charge is 0.409 e. The van der Waals surface area contributed by atoms with Crippen molar-refractivity contribution in [2.75, 3.05) is 26.2 Å². The van der Waals surface area contributed by atoms with Gasteiger partial charge in [0.1, 0.15) is 0 Å². The van der Waals surface area contributed by atoms with Crippen LogP contribution in [-0.2, 0) is 10.0 Å². The molecule has 1 unspecified atom stereocenters. The molecule has 1 saturated heterocycles. The van der Waals surface area contributed by atoms with E-state index in [0.29, 0.717) is 32.6 Å². The highest BCUT2D eigenvalue weighted by Crippen LogP contribution is 2.17. The zero-order chi connectivity index (χ0) is 15.5. The number of piperazine rings is 1. The molecule has 21 heavy (non-hydrogen) atoms. The van der Waals surface area contributed by atoms with Crippen LogP contribution in [0.2, 0.25) is 0 Å². The summed E-state index contributed by atoms with van der Waals surface area (Å²) in [5.41, 5.74) is 5.67. The van der Waals surface area contributed by atoms with E-state index in [9.17, 15) is 8.42 Å². The molecule has 0 saturated carbocycles. The molecule has 2 rings (SSSR count). The van der Waals surface area contributed by atoms with E-state index in [1.807, 2.05) is 11.8 Å². The SMILES string of the molecule is CCC(C(N)=NO)N1CCN(S(=O)(=O)c2ccn[nH]2)CC1. The monoisotopic (exact) mass is 316 g/mol. The van der Waals surface area contributed by atoms with Crippen molar-refractivity contribution in [1.29, 1.82) is 0 Å². The normalized spacial score (nSPS) is 20.5. The van der Waals surface area contributed by atoms with Crippen LogP contribution in [0, 0.1) is 0 Å². The molecule has 1 fully saturated rings. The molecule has 0 bridgehead atoms. The van der Waals surface area contributed by atoms with Crippen LogP contribution in [0.1, 0.15) is 13.3 Å². The summed E-state index contributed by atoms with van der Waals surface area (Å²) in [5, 5.41) is 18.1. The van der Waals surface area contributed by atoms with Crippen LogP contribution in [0.4, 0.5) is 0 Å². The quantitative estimate of drug-likeness (QED) is 0.283. The van der Waals surface area contributed by atoms with E-state index in [4.69, 9.17) is 10.9 Å². The number of H-pyrrole nitrogens is 1. The van der Waals surface area contributed by atoms with Crippen LogP contribution in [-0.4, -0.2) is 71.1 Å². The van der Waals surface area contributed by atoms with Crippen LogP contribution in [0.25, 0.3) is 0 Å². The Morgan fingerprint density at radius 3 is 2.67 bits per heavy atom. The van der Waals surface area contributed by atoms with E-state index in [-0.39, 0.29) is 16.9 Å². The predicted octanol–water partition coefficient (Wildman–Crippen LogP) is -0.759. The third-order valence-electron chi connectivity index (χ3n) is 3.65. The molecular formula is C11H20N6O3S. The number of sulfonamides is 1. The summed E-state index contributed by atoms with van der Waals surface area (Å²) in [4.78, 5) is 2.02. The second kappa shape index (κ2) is 6.41. The molecule has 1 aliphatic heterocycles. The van der Waals surface area contributed by atoms with E-state index < -0.39 is 10.0 Å². The second-order valence-corrected chi connectivity index (χ2v) is 6.72. The van der Waals surface area contributed by atoms with Crippen LogP contribution >= 0.6 is 0 Å². The van der Waals surface area contributed by atoms with Crippen molar-refractivity contribution in [2.45, 2.75) is 24.4 Å². The Morgan fingerprint density at radius 1 is 1.52 bits per heavy atom. The lowest BCUT2D eigenvalue weighted by atomic mass is 10.1. The van der Waals surface area contributed by atoms with Gasteiger partial charge >= 0.3 is 0 Å². The maximum atomic E-state index is 12.3. The highest BCUT2D eigenvalue weighted by Gasteiger charge is 2.32. The molecule has 0 amide bonds. The van der Waals surface area contributed by atoms with E-state index in [0.717, 1.165) is 0 Å². The Kier molecular flexibility index (Phi) is 4.80. The van der Waals surface area contributed by atoms with Gasteiger partial charge in [-0.25, -0.2) is 8.42 Å². The van der Waals surface area contributed by atoms with E-state index >= 15 is 0 Å². The molecule has 1 aromatic rings. The van der Waals surface area contributed by atoms with Crippen molar-refractivity contribution in [1.82, 2.24) is 19.4 Å². The van der Waals surface area contributed by atoms with Crippen molar-refractivity contribution in [3.05, 3.63) is 12.3 Å². The Balaban J connectivity index is 2.04. The lowest BCUT2D eigenvalue weighted by Gasteiger charge is -2.37. The maximum Gasteiger partial charge on any atom is 0.260 e. The number of hydrogen-bond acceptors (Lipinski definition) is 6. The first-order valence-corrected chi connectivity index (χ1v) is 8.15. The number of oxime groups is 1. The van der Waals surface area contributed by atoms with Gasteiger partial charge in [0, 0.05) is 26.2 Å². The van der Waals surface area contributed by atoms with Gasteiger partial charge in [-0.1, -0.05) is 12.1 Å². The zero-order valence-corrected chi connectivity index (χ0v) is 12.6. The van der Waals surface area contributed by atoms with Crippen LogP contribution in [0.15, 0.2) is 22.4 Å². The van der Waals surface area contributed by atoms with E-state index in [2.05, 4.69) is 15.4 Å². The number of rotatable bonds is 5. The fourth-order valence-corrected chi connectivity index (χ4v) is 3.83. The minimum Gasteiger partial charge on any atom is -0.409 e. The van der Waals surface area contributed by atoms with Gasteiger partial charge in [-0.2, -0.15) is 9.40 Å². The van der Waals surface area contributed by atoms with Gasteiger partial charge in [-0.15, -0.1) is 0 Å². The smallest absolute Gasteiger partial charge is 0.260 e. The van der Waals surface area contributed by atoms with Gasteiger partial charge in [-0.3, -0.25) is 10.00 Å². The lowest BCUT2D eigenvalue weighted by molar-refractivity contribution is 0.161. The summed E-state index contributed by atoms with van der Waals surface area (Å²) in [7, 11) is -3.52. The molecule has 4 N–H and O–H groups in total. The Morgan fingerprint density at radius 2 is 2.19 bits per heavy atom. The standard InChI is InChI=1S/C11H20N6O3S/c1-2-9(11(12)15-18)16-5-7-17(8-6-16)21(19,20)10-3-4-13-14-10/h3-4,9,18H,2,5-8H2,1H3,(H2,12,15)(H,13,14). The van der Waals surface area contributed by atoms with Crippen molar-refractivity contribution in [3.8, 4) is 0 Å². The highest BCUT2D eigenvalue weighted by atomic mass is 32.2. The molecule has 1 atom stereocenters. The fraction of sp³-hybridized carbons (Fsp3) is 0.636. The number of nitrogens with zero attached hydrogens (tertiary/aromatic N) is 4. The molecule has 1 aliphatic rings. The zero-order valence-electron chi connectivity index (χ0n) is 11.8. The summed E-state index contributed by atoms with van der Waals surface area (Å²) in [5.74, 6) is 0.155. The lowest BCUT2D eigenvalue weighted by Crippen LogP contribution is -2.55. The average Bonchev–Trinajstić information content (AvgIpc) is 3.03. The third kappa shape index (κ3) is 3.17. The molecule has 1 aromatic heterocycles. The summed E-state index contributed by atoms with van der Waals surface area (Å²) in [6.45, 7) is 3.72. The third-order valence-corrected chi connectivity index (χ3v) is 5.48. The van der Waals surface area contributed by atoms with Gasteiger partial charge in [0.15, 0.2) is 10.9 Å². The molecule has 10 heteroatoms. The van der Waals surface area contributed by atoms with Crippen molar-refractivity contribution in [3.63, 3.8) is 0 Å². The minimum absolute atomic E-state index is 0.0967. The second-order valence-electron chi connectivity index (χ2n) is 4.81. The number of amidine groups is 1. The predicted molar refractivity (Wildman–Crippen MR) is 76.4 cm³/mol. The van der Waals surface area contributed by atoms with Crippen LogP contribution in [0.3, 0.4) is 0 Å². The Bertz CT molecular complexity index is 577.